The molecule has 0 unspecified atom stereocenters. The number of carbonyl (C=O) groups is 1. The van der Waals surface area contributed by atoms with Gasteiger partial charge in [-0.15, -0.1) is 11.8 Å². The largest absolute Gasteiger partial charge is 0.325 e. The summed E-state index contributed by atoms with van der Waals surface area (Å²) in [6.45, 7) is 1.94. The molecule has 2 N–H and O–H groups in total. The molecule has 0 aromatic heterocycles. The highest BCUT2D eigenvalue weighted by Crippen LogP contribution is 2.28. The number of rotatable bonds is 8. The molecule has 3 rings (SSSR count). The lowest BCUT2D eigenvalue weighted by atomic mass is 10.3. The predicted octanol–water partition coefficient (Wildman–Crippen LogP) is 6.41. The second-order valence-corrected chi connectivity index (χ2v) is 10.9. The molecule has 162 valence electrons. The highest BCUT2D eigenvalue weighted by atomic mass is 79.9. The summed E-state index contributed by atoms with van der Waals surface area (Å²) < 4.78 is 28.5. The zero-order chi connectivity index (χ0) is 22.4. The van der Waals surface area contributed by atoms with Crippen LogP contribution in [0.1, 0.15) is 13.3 Å². The van der Waals surface area contributed by atoms with Gasteiger partial charge < -0.3 is 5.32 Å². The van der Waals surface area contributed by atoms with Crippen molar-refractivity contribution in [2.24, 2.45) is 0 Å². The summed E-state index contributed by atoms with van der Waals surface area (Å²) in [7, 11) is -3.73. The second-order valence-electron chi connectivity index (χ2n) is 6.59. The Labute approximate surface area is 199 Å². The molecule has 0 fully saturated rings. The van der Waals surface area contributed by atoms with E-state index in [2.05, 4.69) is 26.0 Å². The summed E-state index contributed by atoms with van der Waals surface area (Å²) in [6.07, 6.45) is 0.642. The summed E-state index contributed by atoms with van der Waals surface area (Å²) in [5.41, 5.74) is 0.994. The van der Waals surface area contributed by atoms with E-state index in [-0.39, 0.29) is 16.1 Å². The van der Waals surface area contributed by atoms with Crippen LogP contribution in [0.15, 0.2) is 87.1 Å². The minimum absolute atomic E-state index is 0.107. The molecule has 3 aromatic carbocycles. The van der Waals surface area contributed by atoms with E-state index in [0.717, 1.165) is 9.37 Å². The van der Waals surface area contributed by atoms with Crippen LogP contribution < -0.4 is 10.0 Å². The minimum atomic E-state index is -3.73. The molecule has 0 saturated heterocycles. The first-order valence-electron chi connectivity index (χ1n) is 9.38. The molecule has 0 bridgehead atoms. The van der Waals surface area contributed by atoms with Crippen LogP contribution in [0.3, 0.4) is 0 Å². The zero-order valence-electron chi connectivity index (χ0n) is 16.5. The third-order valence-corrected chi connectivity index (χ3v) is 7.84. The van der Waals surface area contributed by atoms with Crippen molar-refractivity contribution in [1.82, 2.24) is 0 Å². The third kappa shape index (κ3) is 6.74. The third-order valence-electron chi connectivity index (χ3n) is 4.28. The van der Waals surface area contributed by atoms with Gasteiger partial charge in [-0.05, 0) is 79.2 Å². The number of benzene rings is 3. The molecule has 0 aliphatic carbocycles. The van der Waals surface area contributed by atoms with Crippen LogP contribution in [-0.4, -0.2) is 19.6 Å². The monoisotopic (exact) mass is 538 g/mol. The van der Waals surface area contributed by atoms with Crippen molar-refractivity contribution in [2.75, 3.05) is 10.0 Å². The van der Waals surface area contributed by atoms with Crippen LogP contribution in [0.5, 0.6) is 0 Å². The van der Waals surface area contributed by atoms with Gasteiger partial charge in [-0.1, -0.05) is 34.5 Å². The Balaban J connectivity index is 1.65. The van der Waals surface area contributed by atoms with Gasteiger partial charge in [0.05, 0.1) is 10.1 Å². The second kappa shape index (κ2) is 10.5. The number of anilines is 2. The van der Waals surface area contributed by atoms with E-state index in [4.69, 9.17) is 11.6 Å². The lowest BCUT2D eigenvalue weighted by molar-refractivity contribution is -0.115. The van der Waals surface area contributed by atoms with Gasteiger partial charge in [0.15, 0.2) is 0 Å². The Hall–Kier alpha value is -2.00. The van der Waals surface area contributed by atoms with E-state index in [1.54, 1.807) is 48.5 Å². The molecular weight excluding hydrogens is 520 g/mol. The van der Waals surface area contributed by atoms with Crippen LogP contribution in [0.2, 0.25) is 5.02 Å². The molecule has 0 spiro atoms. The zero-order valence-corrected chi connectivity index (χ0v) is 20.5. The van der Waals surface area contributed by atoms with Crippen molar-refractivity contribution in [1.29, 1.82) is 0 Å². The molecule has 0 saturated carbocycles. The van der Waals surface area contributed by atoms with Crippen LogP contribution in [-0.2, 0) is 14.8 Å². The maximum atomic E-state index is 12.7. The average Bonchev–Trinajstić information content (AvgIpc) is 2.75. The highest BCUT2D eigenvalue weighted by Gasteiger charge is 2.19. The molecule has 0 radical (unpaired) electrons. The fraction of sp³-hybridized carbons (Fsp3) is 0.136. The van der Waals surface area contributed by atoms with E-state index >= 15 is 0 Å². The smallest absolute Gasteiger partial charge is 0.261 e. The van der Waals surface area contributed by atoms with Gasteiger partial charge in [0.25, 0.3) is 10.0 Å². The number of carbonyl (C=O) groups excluding carboxylic acids is 1. The van der Waals surface area contributed by atoms with Crippen molar-refractivity contribution in [3.8, 4) is 0 Å². The maximum Gasteiger partial charge on any atom is 0.261 e. The van der Waals surface area contributed by atoms with Crippen molar-refractivity contribution in [3.63, 3.8) is 0 Å². The Bertz CT molecular complexity index is 1140. The summed E-state index contributed by atoms with van der Waals surface area (Å²) in [6, 6.07) is 20.2. The Morgan fingerprint density at radius 3 is 2.13 bits per heavy atom. The van der Waals surface area contributed by atoms with E-state index in [0.29, 0.717) is 22.8 Å². The molecule has 5 nitrogen and oxygen atoms in total. The van der Waals surface area contributed by atoms with Crippen LogP contribution in [0.4, 0.5) is 11.4 Å². The van der Waals surface area contributed by atoms with E-state index in [1.165, 1.54) is 23.9 Å². The van der Waals surface area contributed by atoms with E-state index < -0.39 is 10.0 Å². The fourth-order valence-electron chi connectivity index (χ4n) is 2.67. The van der Waals surface area contributed by atoms with Gasteiger partial charge in [0.1, 0.15) is 0 Å². The van der Waals surface area contributed by atoms with Gasteiger partial charge >= 0.3 is 0 Å². The number of halogens is 2. The quantitative estimate of drug-likeness (QED) is 0.324. The van der Waals surface area contributed by atoms with Crippen LogP contribution in [0.25, 0.3) is 0 Å². The van der Waals surface area contributed by atoms with Gasteiger partial charge in [0.2, 0.25) is 5.91 Å². The SMILES string of the molecule is CC[C@H](Sc1ccc(Cl)cc1)C(=O)Nc1ccc(S(=O)(=O)Nc2ccc(Br)cc2)cc1. The number of sulfonamides is 1. The number of hydrogen-bond donors (Lipinski definition) is 2. The molecule has 31 heavy (non-hydrogen) atoms. The lowest BCUT2D eigenvalue weighted by Gasteiger charge is -2.15. The highest BCUT2D eigenvalue weighted by molar-refractivity contribution is 9.10. The van der Waals surface area contributed by atoms with Gasteiger partial charge in [-0.25, -0.2) is 8.42 Å². The van der Waals surface area contributed by atoms with Gasteiger partial charge in [-0.2, -0.15) is 0 Å². The molecular formula is C22H20BrClN2O3S2. The first kappa shape index (κ1) is 23.7. The molecule has 9 heteroatoms. The van der Waals surface area contributed by atoms with E-state index in [1.807, 2.05) is 19.1 Å². The normalized spacial score (nSPS) is 12.2. The van der Waals surface area contributed by atoms with Crippen molar-refractivity contribution in [3.05, 3.63) is 82.3 Å². The summed E-state index contributed by atoms with van der Waals surface area (Å²) in [5.74, 6) is -0.147. The molecule has 1 amide bonds. The summed E-state index contributed by atoms with van der Waals surface area (Å²) in [4.78, 5) is 13.7. The Morgan fingerprint density at radius 1 is 0.968 bits per heavy atom. The van der Waals surface area contributed by atoms with Crippen molar-refractivity contribution < 1.29 is 13.2 Å². The van der Waals surface area contributed by atoms with Crippen molar-refractivity contribution in [2.45, 2.75) is 28.4 Å². The fourth-order valence-corrected chi connectivity index (χ4v) is 5.08. The summed E-state index contributed by atoms with van der Waals surface area (Å²) in [5, 5.41) is 3.21. The number of nitrogens with one attached hydrogen (secondary N) is 2. The predicted molar refractivity (Wildman–Crippen MR) is 131 cm³/mol. The molecule has 0 aliphatic rings. The molecule has 1 atom stereocenters. The minimum Gasteiger partial charge on any atom is -0.325 e. The average molecular weight is 540 g/mol. The number of hydrogen-bond acceptors (Lipinski definition) is 4. The molecule has 0 heterocycles. The van der Waals surface area contributed by atoms with Gasteiger partial charge in [-0.3, -0.25) is 9.52 Å². The lowest BCUT2D eigenvalue weighted by Crippen LogP contribution is -2.24. The maximum absolute atomic E-state index is 12.7. The van der Waals surface area contributed by atoms with Crippen LogP contribution >= 0.6 is 39.3 Å². The Morgan fingerprint density at radius 2 is 1.55 bits per heavy atom. The Kier molecular flexibility index (Phi) is 8.05. The standard InChI is InChI=1S/C22H20BrClN2O3S2/c1-2-21(30-19-11-5-16(24)6-12-19)22(27)25-17-9-13-20(14-10-17)31(28,29)26-18-7-3-15(23)4-8-18/h3-14,21,26H,2H2,1H3,(H,25,27)/t21-/m0/s1. The van der Waals surface area contributed by atoms with Crippen LogP contribution in [0, 0.1) is 0 Å². The number of amides is 1. The molecule has 3 aromatic rings. The first-order valence-corrected chi connectivity index (χ1v) is 12.9. The summed E-state index contributed by atoms with van der Waals surface area (Å²) >= 11 is 10.7. The molecule has 0 aliphatic heterocycles. The topological polar surface area (TPSA) is 75.3 Å². The van der Waals surface area contributed by atoms with Crippen molar-refractivity contribution >= 4 is 66.6 Å². The number of thioether (sulfide) groups is 1. The first-order chi connectivity index (χ1) is 14.8. The van der Waals surface area contributed by atoms with Gasteiger partial charge in [0, 0.05) is 25.8 Å². The van der Waals surface area contributed by atoms with E-state index in [9.17, 15) is 13.2 Å².